The molecule has 0 spiro atoms. The van der Waals surface area contributed by atoms with Gasteiger partial charge in [-0.1, -0.05) is 20.8 Å². The van der Waals surface area contributed by atoms with Gasteiger partial charge in [-0.15, -0.1) is 0 Å². The number of carbonyl (C=O) groups is 1. The molecular weight excluding hydrogens is 398 g/mol. The van der Waals surface area contributed by atoms with Crippen LogP contribution in [0.1, 0.15) is 41.5 Å². The van der Waals surface area contributed by atoms with E-state index in [4.69, 9.17) is 20.6 Å². The summed E-state index contributed by atoms with van der Waals surface area (Å²) < 4.78 is 12.1. The van der Waals surface area contributed by atoms with Crippen LogP contribution in [-0.4, -0.2) is 62.2 Å². The van der Waals surface area contributed by atoms with Crippen molar-refractivity contribution in [2.45, 2.75) is 71.3 Å². The number of ether oxygens (including phenoxy) is 1. The summed E-state index contributed by atoms with van der Waals surface area (Å²) in [6.45, 7) is 18.7. The number of nitrogen functional groups attached to an aromatic ring is 2. The fraction of sp³-hybridized carbons (Fsp3) is 0.714. The van der Waals surface area contributed by atoms with Crippen molar-refractivity contribution >= 4 is 31.6 Å². The molecule has 30 heavy (non-hydrogen) atoms. The molecule has 1 aliphatic heterocycles. The smallest absolute Gasteiger partial charge is 0.410 e. The number of aromatic nitrogens is 1. The van der Waals surface area contributed by atoms with Gasteiger partial charge in [0, 0.05) is 25.8 Å². The summed E-state index contributed by atoms with van der Waals surface area (Å²) in [5.41, 5.74) is 12.6. The average Bonchev–Trinajstić information content (AvgIpc) is 2.59. The molecule has 1 amide bonds. The van der Waals surface area contributed by atoms with Crippen molar-refractivity contribution in [2.24, 2.45) is 0 Å². The van der Waals surface area contributed by atoms with Crippen LogP contribution in [0.5, 0.6) is 0 Å². The highest BCUT2D eigenvalue weighted by Gasteiger charge is 2.40. The van der Waals surface area contributed by atoms with Crippen molar-refractivity contribution in [1.82, 2.24) is 9.88 Å². The van der Waals surface area contributed by atoms with E-state index in [2.05, 4.69) is 43.7 Å². The van der Waals surface area contributed by atoms with Crippen LogP contribution >= 0.6 is 0 Å². The zero-order valence-corrected chi connectivity index (χ0v) is 20.8. The van der Waals surface area contributed by atoms with Crippen molar-refractivity contribution in [2.75, 3.05) is 42.6 Å². The molecule has 2 heterocycles. The van der Waals surface area contributed by atoms with Gasteiger partial charge in [0.2, 0.25) is 0 Å². The minimum Gasteiger partial charge on any atom is -0.444 e. The van der Waals surface area contributed by atoms with Crippen molar-refractivity contribution < 1.29 is 14.0 Å². The van der Waals surface area contributed by atoms with E-state index in [1.165, 1.54) is 0 Å². The minimum atomic E-state index is -1.98. The van der Waals surface area contributed by atoms with Gasteiger partial charge in [-0.05, 0) is 45.0 Å². The second-order valence-corrected chi connectivity index (χ2v) is 15.3. The van der Waals surface area contributed by atoms with E-state index in [0.717, 1.165) is 0 Å². The Morgan fingerprint density at radius 2 is 1.83 bits per heavy atom. The summed E-state index contributed by atoms with van der Waals surface area (Å²) in [4.78, 5) is 21.2. The zero-order chi connectivity index (χ0) is 22.9. The van der Waals surface area contributed by atoms with E-state index in [-0.39, 0.29) is 17.2 Å². The van der Waals surface area contributed by atoms with E-state index in [1.807, 2.05) is 20.8 Å². The van der Waals surface area contributed by atoms with E-state index in [0.29, 0.717) is 43.4 Å². The second kappa shape index (κ2) is 8.62. The largest absolute Gasteiger partial charge is 0.444 e. The summed E-state index contributed by atoms with van der Waals surface area (Å²) in [5.74, 6) is 0.649. The molecule has 0 unspecified atom stereocenters. The topological polar surface area (TPSA) is 107 Å². The van der Waals surface area contributed by atoms with Crippen molar-refractivity contribution in [3.63, 3.8) is 0 Å². The van der Waals surface area contributed by atoms with Gasteiger partial charge in [-0.3, -0.25) is 4.90 Å². The number of nitrogens with zero attached hydrogens (tertiary/aromatic N) is 3. The van der Waals surface area contributed by atoms with E-state index in [1.54, 1.807) is 17.2 Å². The molecule has 1 saturated heterocycles. The molecule has 9 heteroatoms. The third-order valence-electron chi connectivity index (χ3n) is 5.86. The number of pyridine rings is 1. The fourth-order valence-corrected chi connectivity index (χ4v) is 4.04. The van der Waals surface area contributed by atoms with Gasteiger partial charge < -0.3 is 25.5 Å². The summed E-state index contributed by atoms with van der Waals surface area (Å²) in [6.07, 6.45) is 1.34. The lowest BCUT2D eigenvalue weighted by molar-refractivity contribution is 0.00779. The van der Waals surface area contributed by atoms with Crippen LogP contribution in [0.25, 0.3) is 0 Å². The number of amides is 1. The normalized spacial score (nSPS) is 18.5. The van der Waals surface area contributed by atoms with Gasteiger partial charge in [-0.25, -0.2) is 9.78 Å². The Hall–Kier alpha value is -2.00. The lowest BCUT2D eigenvalue weighted by atomic mass is 10.1. The van der Waals surface area contributed by atoms with Gasteiger partial charge in [0.25, 0.3) is 0 Å². The van der Waals surface area contributed by atoms with Crippen LogP contribution in [0.15, 0.2) is 12.3 Å². The molecule has 0 aliphatic carbocycles. The van der Waals surface area contributed by atoms with Crippen LogP contribution in [-0.2, 0) is 9.16 Å². The molecule has 1 aromatic rings. The molecule has 4 N–H and O–H groups in total. The number of nitrogens with two attached hydrogens (primary N) is 2. The van der Waals surface area contributed by atoms with Crippen LogP contribution < -0.4 is 16.4 Å². The van der Waals surface area contributed by atoms with E-state index in [9.17, 15) is 4.79 Å². The molecule has 1 atom stereocenters. The lowest BCUT2D eigenvalue weighted by Crippen LogP contribution is -2.59. The van der Waals surface area contributed by atoms with Crippen LogP contribution in [0.3, 0.4) is 0 Å². The molecule has 1 fully saturated rings. The first-order chi connectivity index (χ1) is 13.6. The second-order valence-electron chi connectivity index (χ2n) is 10.5. The molecule has 0 aromatic carbocycles. The first-order valence-corrected chi connectivity index (χ1v) is 13.4. The molecular formula is C21H39N5O3Si. The lowest BCUT2D eigenvalue weighted by Gasteiger charge is -2.44. The first kappa shape index (κ1) is 24.3. The number of carbonyl (C=O) groups excluding carboxylic acids is 1. The van der Waals surface area contributed by atoms with Crippen molar-refractivity contribution in [3.8, 4) is 0 Å². The number of anilines is 3. The molecule has 8 nitrogen and oxygen atoms in total. The highest BCUT2D eigenvalue weighted by molar-refractivity contribution is 6.74. The molecule has 170 valence electrons. The monoisotopic (exact) mass is 437 g/mol. The fourth-order valence-electron chi connectivity index (χ4n) is 3.00. The Bertz CT molecular complexity index is 758. The van der Waals surface area contributed by atoms with Crippen LogP contribution in [0.4, 0.5) is 22.0 Å². The van der Waals surface area contributed by atoms with Crippen molar-refractivity contribution in [3.05, 3.63) is 12.3 Å². The summed E-state index contributed by atoms with van der Waals surface area (Å²) in [5, 5.41) is 0.0813. The quantitative estimate of drug-likeness (QED) is 0.692. The molecule has 1 aliphatic rings. The van der Waals surface area contributed by atoms with Gasteiger partial charge in [-0.2, -0.15) is 0 Å². The van der Waals surface area contributed by atoms with Crippen molar-refractivity contribution in [1.29, 1.82) is 0 Å². The first-order valence-electron chi connectivity index (χ1n) is 10.5. The number of piperazine rings is 1. The van der Waals surface area contributed by atoms with E-state index >= 15 is 0 Å². The SMILES string of the molecule is CC(C)(C)OC(=O)N1CCN(c2nccc(N)c2N)C[C@@H]1CO[Si](C)(C)C(C)(C)C. The molecule has 2 rings (SSSR count). The molecule has 1 aromatic heterocycles. The Morgan fingerprint density at radius 3 is 2.40 bits per heavy atom. The summed E-state index contributed by atoms with van der Waals surface area (Å²) in [7, 11) is -1.98. The van der Waals surface area contributed by atoms with Gasteiger partial charge >= 0.3 is 6.09 Å². The standard InChI is InChI=1S/C21H39N5O3Si/c1-20(2,3)29-19(27)26-12-11-25(18-17(23)16(22)9-10-24-18)13-15(26)14-28-30(7,8)21(4,5)6/h9-10,15H,11-14,23H2,1-8H3,(H2,22,24)/t15-/m1/s1. The Kier molecular flexibility index (Phi) is 6.98. The number of rotatable bonds is 4. The predicted octanol–water partition coefficient (Wildman–Crippen LogP) is 3.69. The summed E-state index contributed by atoms with van der Waals surface area (Å²) >= 11 is 0. The third kappa shape index (κ3) is 5.78. The minimum absolute atomic E-state index is 0.0813. The highest BCUT2D eigenvalue weighted by Crippen LogP contribution is 2.37. The maximum absolute atomic E-state index is 12.9. The molecule has 0 saturated carbocycles. The predicted molar refractivity (Wildman–Crippen MR) is 125 cm³/mol. The zero-order valence-electron chi connectivity index (χ0n) is 19.8. The Balaban J connectivity index is 2.25. The van der Waals surface area contributed by atoms with Crippen LogP contribution in [0.2, 0.25) is 18.1 Å². The third-order valence-corrected chi connectivity index (χ3v) is 10.4. The molecule has 0 radical (unpaired) electrons. The van der Waals surface area contributed by atoms with E-state index < -0.39 is 13.9 Å². The number of hydrogen-bond donors (Lipinski definition) is 2. The average molecular weight is 438 g/mol. The number of hydrogen-bond acceptors (Lipinski definition) is 7. The Labute approximate surface area is 182 Å². The maximum Gasteiger partial charge on any atom is 0.410 e. The van der Waals surface area contributed by atoms with Crippen LogP contribution in [0, 0.1) is 0 Å². The highest BCUT2D eigenvalue weighted by atomic mass is 28.4. The van der Waals surface area contributed by atoms with Gasteiger partial charge in [0.1, 0.15) is 5.60 Å². The van der Waals surface area contributed by atoms with Gasteiger partial charge in [0.05, 0.1) is 24.0 Å². The Morgan fingerprint density at radius 1 is 1.20 bits per heavy atom. The maximum atomic E-state index is 12.9. The summed E-state index contributed by atoms with van der Waals surface area (Å²) in [6, 6.07) is 1.51. The van der Waals surface area contributed by atoms with Gasteiger partial charge in [0.15, 0.2) is 14.1 Å². The molecule has 0 bridgehead atoms.